The Morgan fingerprint density at radius 2 is 2.15 bits per heavy atom. The zero-order chi connectivity index (χ0) is 19.2. The maximum Gasteiger partial charge on any atom is 0.191 e. The summed E-state index contributed by atoms with van der Waals surface area (Å²) in [4.78, 5) is 8.66. The Labute approximate surface area is 168 Å². The van der Waals surface area contributed by atoms with Crippen LogP contribution in [0.1, 0.15) is 29.0 Å². The van der Waals surface area contributed by atoms with Gasteiger partial charge in [-0.05, 0) is 49.6 Å². The molecule has 0 bridgehead atoms. The average molecular weight is 405 g/mol. The quantitative estimate of drug-likeness (QED) is 0.355. The molecular formula is C20H25ClN4OS. The standard InChI is InChI=1S/C20H25ClN4OS/c1-3-22-20(25-12-16(26)17-7-8-18(21)27-17)23-10-9-14-11-24-15-6-4-5-13(2)19(14)15/h4-8,11,16,24,26H,3,9-10,12H2,1-2H3,(H2,22,23,25). The molecule has 0 aliphatic carbocycles. The van der Waals surface area contributed by atoms with Crippen LogP contribution in [0.25, 0.3) is 10.9 Å². The first-order valence-corrected chi connectivity index (χ1v) is 10.3. The highest BCUT2D eigenvalue weighted by Gasteiger charge is 2.10. The van der Waals surface area contributed by atoms with E-state index in [0.29, 0.717) is 16.8 Å². The number of H-pyrrole nitrogens is 1. The first-order valence-electron chi connectivity index (χ1n) is 9.09. The first-order chi connectivity index (χ1) is 13.1. The molecule has 5 nitrogen and oxygen atoms in total. The van der Waals surface area contributed by atoms with E-state index < -0.39 is 6.10 Å². The van der Waals surface area contributed by atoms with Crippen LogP contribution in [0.3, 0.4) is 0 Å². The summed E-state index contributed by atoms with van der Waals surface area (Å²) in [5.41, 5.74) is 3.74. The molecule has 7 heteroatoms. The molecule has 0 saturated carbocycles. The van der Waals surface area contributed by atoms with Crippen molar-refractivity contribution >= 4 is 39.8 Å². The minimum absolute atomic E-state index is 0.290. The molecule has 0 aliphatic rings. The summed E-state index contributed by atoms with van der Waals surface area (Å²) in [5, 5.41) is 18.1. The van der Waals surface area contributed by atoms with Crippen molar-refractivity contribution < 1.29 is 5.11 Å². The Morgan fingerprint density at radius 1 is 1.30 bits per heavy atom. The Hall–Kier alpha value is -2.02. The van der Waals surface area contributed by atoms with Gasteiger partial charge < -0.3 is 20.7 Å². The number of guanidine groups is 1. The van der Waals surface area contributed by atoms with Gasteiger partial charge in [-0.3, -0.25) is 4.99 Å². The van der Waals surface area contributed by atoms with E-state index in [9.17, 15) is 5.11 Å². The molecule has 1 aromatic carbocycles. The normalized spacial score (nSPS) is 13.1. The number of aromatic nitrogens is 1. The summed E-state index contributed by atoms with van der Waals surface area (Å²) >= 11 is 7.31. The van der Waals surface area contributed by atoms with Crippen LogP contribution >= 0.6 is 22.9 Å². The number of benzene rings is 1. The predicted molar refractivity (Wildman–Crippen MR) is 115 cm³/mol. The molecule has 2 heterocycles. The molecule has 0 saturated heterocycles. The number of aromatic amines is 1. The summed E-state index contributed by atoms with van der Waals surface area (Å²) in [6.07, 6.45) is 2.32. The van der Waals surface area contributed by atoms with Gasteiger partial charge in [0.05, 0.1) is 10.9 Å². The zero-order valence-electron chi connectivity index (χ0n) is 15.6. The molecule has 1 atom stereocenters. The van der Waals surface area contributed by atoms with Crippen LogP contribution in [0.15, 0.2) is 41.5 Å². The second kappa shape index (κ2) is 9.26. The topological polar surface area (TPSA) is 72.4 Å². The SMILES string of the molecule is CCNC(=NCC(O)c1ccc(Cl)s1)NCCc1c[nH]c2cccc(C)c12. The number of aliphatic hydroxyl groups excluding tert-OH is 1. The molecule has 3 rings (SSSR count). The third-order valence-electron chi connectivity index (χ3n) is 4.37. The fraction of sp³-hybridized carbons (Fsp3) is 0.350. The van der Waals surface area contributed by atoms with E-state index in [1.807, 2.05) is 13.0 Å². The third kappa shape index (κ3) is 5.03. The van der Waals surface area contributed by atoms with Crippen LogP contribution in [0.4, 0.5) is 0 Å². The summed E-state index contributed by atoms with van der Waals surface area (Å²) in [6, 6.07) is 9.94. The smallest absolute Gasteiger partial charge is 0.191 e. The minimum Gasteiger partial charge on any atom is -0.386 e. The molecule has 27 heavy (non-hydrogen) atoms. The van der Waals surface area contributed by atoms with Gasteiger partial charge in [0, 0.05) is 35.1 Å². The average Bonchev–Trinajstić information content (AvgIpc) is 3.27. The van der Waals surface area contributed by atoms with Crippen LogP contribution < -0.4 is 10.6 Å². The fourth-order valence-electron chi connectivity index (χ4n) is 3.08. The van der Waals surface area contributed by atoms with E-state index in [-0.39, 0.29) is 0 Å². The lowest BCUT2D eigenvalue weighted by atomic mass is 10.1. The van der Waals surface area contributed by atoms with E-state index in [1.54, 1.807) is 6.07 Å². The summed E-state index contributed by atoms with van der Waals surface area (Å²) < 4.78 is 0.673. The highest BCUT2D eigenvalue weighted by molar-refractivity contribution is 7.16. The number of aliphatic imine (C=N–C) groups is 1. The number of aryl methyl sites for hydroxylation is 1. The van der Waals surface area contributed by atoms with E-state index in [2.05, 4.69) is 51.9 Å². The molecule has 144 valence electrons. The molecule has 2 aromatic heterocycles. The number of hydrogen-bond donors (Lipinski definition) is 4. The number of fused-ring (bicyclic) bond motifs is 1. The molecular weight excluding hydrogens is 380 g/mol. The lowest BCUT2D eigenvalue weighted by Gasteiger charge is -2.12. The second-order valence-corrected chi connectivity index (χ2v) is 8.11. The van der Waals surface area contributed by atoms with Gasteiger partial charge >= 0.3 is 0 Å². The minimum atomic E-state index is -0.644. The maximum absolute atomic E-state index is 10.3. The summed E-state index contributed by atoms with van der Waals surface area (Å²) in [5.74, 6) is 0.704. The molecule has 0 aliphatic heterocycles. The van der Waals surface area contributed by atoms with E-state index in [4.69, 9.17) is 11.6 Å². The molecule has 0 radical (unpaired) electrons. The summed E-state index contributed by atoms with van der Waals surface area (Å²) in [7, 11) is 0. The van der Waals surface area contributed by atoms with Crippen molar-refractivity contribution in [2.45, 2.75) is 26.4 Å². The lowest BCUT2D eigenvalue weighted by molar-refractivity contribution is 0.191. The number of aliphatic hydroxyl groups is 1. The number of halogens is 1. The predicted octanol–water partition coefficient (Wildman–Crippen LogP) is 4.02. The number of rotatable bonds is 7. The van der Waals surface area contributed by atoms with Crippen LogP contribution in [0.5, 0.6) is 0 Å². The van der Waals surface area contributed by atoms with Gasteiger partial charge in [0.2, 0.25) is 0 Å². The number of nitrogens with zero attached hydrogens (tertiary/aromatic N) is 1. The van der Waals surface area contributed by atoms with Crippen molar-refractivity contribution in [3.63, 3.8) is 0 Å². The van der Waals surface area contributed by atoms with Crippen molar-refractivity contribution in [2.24, 2.45) is 4.99 Å². The third-order valence-corrected chi connectivity index (χ3v) is 5.70. The number of hydrogen-bond acceptors (Lipinski definition) is 3. The first kappa shape index (κ1) is 19.7. The zero-order valence-corrected chi connectivity index (χ0v) is 17.1. The highest BCUT2D eigenvalue weighted by Crippen LogP contribution is 2.27. The molecule has 1 unspecified atom stereocenters. The van der Waals surface area contributed by atoms with Crippen LogP contribution in [-0.2, 0) is 6.42 Å². The van der Waals surface area contributed by atoms with Gasteiger partial charge in [-0.25, -0.2) is 0 Å². The number of thiophene rings is 1. The van der Waals surface area contributed by atoms with Gasteiger partial charge in [-0.15, -0.1) is 11.3 Å². The lowest BCUT2D eigenvalue weighted by Crippen LogP contribution is -2.38. The fourth-order valence-corrected chi connectivity index (χ4v) is 4.12. The largest absolute Gasteiger partial charge is 0.386 e. The van der Waals surface area contributed by atoms with Gasteiger partial charge in [-0.1, -0.05) is 23.7 Å². The van der Waals surface area contributed by atoms with Crippen molar-refractivity contribution in [1.82, 2.24) is 15.6 Å². The van der Waals surface area contributed by atoms with Crippen LogP contribution in [0, 0.1) is 6.92 Å². The number of nitrogens with one attached hydrogen (secondary N) is 3. The molecule has 0 fully saturated rings. The summed E-state index contributed by atoms with van der Waals surface area (Å²) in [6.45, 7) is 5.97. The van der Waals surface area contributed by atoms with E-state index in [1.165, 1.54) is 33.4 Å². The van der Waals surface area contributed by atoms with Crippen molar-refractivity contribution in [1.29, 1.82) is 0 Å². The Morgan fingerprint density at radius 3 is 2.89 bits per heavy atom. The highest BCUT2D eigenvalue weighted by atomic mass is 35.5. The molecule has 0 spiro atoms. The monoisotopic (exact) mass is 404 g/mol. The van der Waals surface area contributed by atoms with Crippen molar-refractivity contribution in [2.75, 3.05) is 19.6 Å². The Balaban J connectivity index is 1.59. The Kier molecular flexibility index (Phi) is 6.77. The maximum atomic E-state index is 10.3. The molecule has 4 N–H and O–H groups in total. The Bertz CT molecular complexity index is 918. The van der Waals surface area contributed by atoms with Crippen LogP contribution in [-0.4, -0.2) is 35.7 Å². The van der Waals surface area contributed by atoms with Crippen molar-refractivity contribution in [3.8, 4) is 0 Å². The van der Waals surface area contributed by atoms with E-state index >= 15 is 0 Å². The van der Waals surface area contributed by atoms with Gasteiger partial charge in [-0.2, -0.15) is 0 Å². The van der Waals surface area contributed by atoms with Gasteiger partial charge in [0.1, 0.15) is 6.10 Å². The molecule has 3 aromatic rings. The molecule has 0 amide bonds. The van der Waals surface area contributed by atoms with Gasteiger partial charge in [0.25, 0.3) is 0 Å². The van der Waals surface area contributed by atoms with E-state index in [0.717, 1.165) is 24.4 Å². The second-order valence-electron chi connectivity index (χ2n) is 6.37. The van der Waals surface area contributed by atoms with Crippen LogP contribution in [0.2, 0.25) is 4.34 Å². The van der Waals surface area contributed by atoms with Crippen molar-refractivity contribution in [3.05, 3.63) is 56.9 Å². The van der Waals surface area contributed by atoms with Gasteiger partial charge in [0.15, 0.2) is 5.96 Å².